The van der Waals surface area contributed by atoms with E-state index in [2.05, 4.69) is 10.3 Å². The lowest BCUT2D eigenvalue weighted by Gasteiger charge is -2.31. The monoisotopic (exact) mass is 297 g/mol. The Morgan fingerprint density at radius 3 is 2.75 bits per heavy atom. The summed E-state index contributed by atoms with van der Waals surface area (Å²) in [5.41, 5.74) is 0.805. The second-order valence-corrected chi connectivity index (χ2v) is 6.27. The summed E-state index contributed by atoms with van der Waals surface area (Å²) in [6, 6.07) is 0.327. The molecule has 6 heteroatoms. The SMILES string of the molecule is COC(C)c1nc(C)c(C(=O)N(C)C2CCNCC2)s1. The number of aromatic nitrogens is 1. The summed E-state index contributed by atoms with van der Waals surface area (Å²) in [6.45, 7) is 5.81. The van der Waals surface area contributed by atoms with Crippen LogP contribution in [0.3, 0.4) is 0 Å². The number of methoxy groups -OCH3 is 1. The first-order valence-electron chi connectivity index (χ1n) is 7.02. The number of thiazole rings is 1. The van der Waals surface area contributed by atoms with E-state index in [0.29, 0.717) is 6.04 Å². The van der Waals surface area contributed by atoms with Crippen molar-refractivity contribution in [2.45, 2.75) is 38.8 Å². The Bertz CT molecular complexity index is 469. The molecule has 0 radical (unpaired) electrons. The highest BCUT2D eigenvalue weighted by molar-refractivity contribution is 7.13. The third-order valence-corrected chi connectivity index (χ3v) is 5.19. The molecule has 0 saturated carbocycles. The summed E-state index contributed by atoms with van der Waals surface area (Å²) in [5, 5.41) is 4.19. The van der Waals surface area contributed by atoms with Crippen LogP contribution in [0, 0.1) is 6.92 Å². The fourth-order valence-electron chi connectivity index (χ4n) is 2.41. The first kappa shape index (κ1) is 15.4. The number of carbonyl (C=O) groups is 1. The molecule has 0 spiro atoms. The van der Waals surface area contributed by atoms with Crippen LogP contribution in [-0.4, -0.2) is 49.1 Å². The van der Waals surface area contributed by atoms with E-state index in [4.69, 9.17) is 4.74 Å². The van der Waals surface area contributed by atoms with E-state index < -0.39 is 0 Å². The van der Waals surface area contributed by atoms with Crippen molar-refractivity contribution in [2.75, 3.05) is 27.2 Å². The Kier molecular flexibility index (Phi) is 5.12. The molecule has 1 unspecified atom stereocenters. The second-order valence-electron chi connectivity index (χ2n) is 5.24. The van der Waals surface area contributed by atoms with Crippen molar-refractivity contribution in [3.05, 3.63) is 15.6 Å². The van der Waals surface area contributed by atoms with Crippen molar-refractivity contribution in [3.8, 4) is 0 Å². The van der Waals surface area contributed by atoms with Crippen LogP contribution in [0.25, 0.3) is 0 Å². The summed E-state index contributed by atoms with van der Waals surface area (Å²) in [4.78, 5) is 19.7. The fraction of sp³-hybridized carbons (Fsp3) is 0.714. The number of nitrogens with zero attached hydrogens (tertiary/aromatic N) is 2. The molecular weight excluding hydrogens is 274 g/mol. The van der Waals surface area contributed by atoms with Gasteiger partial charge in [0.05, 0.1) is 5.69 Å². The van der Waals surface area contributed by atoms with E-state index in [1.807, 2.05) is 25.8 Å². The lowest BCUT2D eigenvalue weighted by molar-refractivity contribution is 0.0707. The molecule has 2 heterocycles. The van der Waals surface area contributed by atoms with Gasteiger partial charge >= 0.3 is 0 Å². The number of ether oxygens (including phenoxy) is 1. The normalized spacial score (nSPS) is 18.0. The number of amides is 1. The summed E-state index contributed by atoms with van der Waals surface area (Å²) >= 11 is 1.45. The predicted molar refractivity (Wildman–Crippen MR) is 80.3 cm³/mol. The van der Waals surface area contributed by atoms with E-state index in [0.717, 1.165) is 41.5 Å². The van der Waals surface area contributed by atoms with Gasteiger partial charge in [0.1, 0.15) is 16.0 Å². The molecule has 1 saturated heterocycles. The van der Waals surface area contributed by atoms with Gasteiger partial charge < -0.3 is 15.0 Å². The van der Waals surface area contributed by atoms with E-state index in [1.54, 1.807) is 7.11 Å². The van der Waals surface area contributed by atoms with Gasteiger partial charge in [-0.25, -0.2) is 4.98 Å². The molecule has 0 bridgehead atoms. The van der Waals surface area contributed by atoms with Gasteiger partial charge in [-0.3, -0.25) is 4.79 Å². The topological polar surface area (TPSA) is 54.5 Å². The minimum atomic E-state index is -0.0653. The van der Waals surface area contributed by atoms with Crippen molar-refractivity contribution in [1.29, 1.82) is 0 Å². The molecule has 1 N–H and O–H groups in total. The summed E-state index contributed by atoms with van der Waals surface area (Å²) < 4.78 is 5.28. The molecule has 0 aliphatic carbocycles. The van der Waals surface area contributed by atoms with E-state index in [9.17, 15) is 4.79 Å². The van der Waals surface area contributed by atoms with Gasteiger partial charge in [-0.05, 0) is 39.8 Å². The van der Waals surface area contributed by atoms with Crippen LogP contribution < -0.4 is 5.32 Å². The lowest BCUT2D eigenvalue weighted by Crippen LogP contribution is -2.43. The minimum absolute atomic E-state index is 0.0653. The van der Waals surface area contributed by atoms with Crippen LogP contribution in [0.5, 0.6) is 0 Å². The number of carbonyl (C=O) groups excluding carboxylic acids is 1. The number of hydrogen-bond acceptors (Lipinski definition) is 5. The zero-order valence-electron chi connectivity index (χ0n) is 12.6. The Hall–Kier alpha value is -0.980. The highest BCUT2D eigenvalue weighted by atomic mass is 32.1. The van der Waals surface area contributed by atoms with Gasteiger partial charge in [0.15, 0.2) is 0 Å². The first-order chi connectivity index (χ1) is 9.54. The van der Waals surface area contributed by atoms with Crippen LogP contribution in [0.2, 0.25) is 0 Å². The Labute approximate surface area is 124 Å². The number of piperidine rings is 1. The predicted octanol–water partition coefficient (Wildman–Crippen LogP) is 1.98. The van der Waals surface area contributed by atoms with E-state index >= 15 is 0 Å². The number of aryl methyl sites for hydroxylation is 1. The number of hydrogen-bond donors (Lipinski definition) is 1. The van der Waals surface area contributed by atoms with Gasteiger partial charge in [0.2, 0.25) is 0 Å². The fourth-order valence-corrected chi connectivity index (χ4v) is 3.49. The molecule has 1 amide bonds. The average Bonchev–Trinajstić information content (AvgIpc) is 2.87. The molecule has 2 rings (SSSR count). The van der Waals surface area contributed by atoms with E-state index in [-0.39, 0.29) is 12.0 Å². The molecule has 1 atom stereocenters. The molecule has 112 valence electrons. The van der Waals surface area contributed by atoms with Crippen LogP contribution in [0.1, 0.15) is 46.2 Å². The zero-order valence-corrected chi connectivity index (χ0v) is 13.4. The lowest BCUT2D eigenvalue weighted by atomic mass is 10.1. The minimum Gasteiger partial charge on any atom is -0.375 e. The molecule has 5 nitrogen and oxygen atoms in total. The quantitative estimate of drug-likeness (QED) is 0.923. The van der Waals surface area contributed by atoms with Crippen LogP contribution >= 0.6 is 11.3 Å². The van der Waals surface area contributed by atoms with Gasteiger partial charge in [-0.2, -0.15) is 0 Å². The number of rotatable bonds is 4. The summed E-state index contributed by atoms with van der Waals surface area (Å²) in [6.07, 6.45) is 1.97. The summed E-state index contributed by atoms with van der Waals surface area (Å²) in [5.74, 6) is 0.0847. The molecule has 0 aromatic carbocycles. The molecular formula is C14H23N3O2S. The van der Waals surface area contributed by atoms with Crippen molar-refractivity contribution < 1.29 is 9.53 Å². The largest absolute Gasteiger partial charge is 0.375 e. The van der Waals surface area contributed by atoms with Gasteiger partial charge in [-0.15, -0.1) is 11.3 Å². The smallest absolute Gasteiger partial charge is 0.265 e. The maximum Gasteiger partial charge on any atom is 0.265 e. The highest BCUT2D eigenvalue weighted by Gasteiger charge is 2.26. The van der Waals surface area contributed by atoms with Gasteiger partial charge in [0, 0.05) is 20.2 Å². The maximum absolute atomic E-state index is 12.6. The van der Waals surface area contributed by atoms with Crippen LogP contribution in [0.15, 0.2) is 0 Å². The van der Waals surface area contributed by atoms with E-state index in [1.165, 1.54) is 11.3 Å². The maximum atomic E-state index is 12.6. The van der Waals surface area contributed by atoms with Crippen LogP contribution in [0.4, 0.5) is 0 Å². The second kappa shape index (κ2) is 6.65. The molecule has 1 fully saturated rings. The highest BCUT2D eigenvalue weighted by Crippen LogP contribution is 2.27. The molecule has 20 heavy (non-hydrogen) atoms. The van der Waals surface area contributed by atoms with Crippen molar-refractivity contribution >= 4 is 17.2 Å². The number of nitrogens with one attached hydrogen (secondary N) is 1. The van der Waals surface area contributed by atoms with Gasteiger partial charge in [-0.1, -0.05) is 0 Å². The van der Waals surface area contributed by atoms with Crippen molar-refractivity contribution in [2.24, 2.45) is 0 Å². The standard InChI is InChI=1S/C14H23N3O2S/c1-9-12(20-13(16-9)10(2)19-4)14(18)17(3)11-5-7-15-8-6-11/h10-11,15H,5-8H2,1-4H3. The molecule has 1 aromatic rings. The Morgan fingerprint density at radius 1 is 1.50 bits per heavy atom. The molecule has 1 aliphatic heterocycles. The Morgan fingerprint density at radius 2 is 2.15 bits per heavy atom. The summed E-state index contributed by atoms with van der Waals surface area (Å²) in [7, 11) is 3.56. The Balaban J connectivity index is 2.13. The third-order valence-electron chi connectivity index (χ3n) is 3.89. The zero-order chi connectivity index (χ0) is 14.7. The first-order valence-corrected chi connectivity index (χ1v) is 7.84. The van der Waals surface area contributed by atoms with Crippen molar-refractivity contribution in [1.82, 2.24) is 15.2 Å². The van der Waals surface area contributed by atoms with Gasteiger partial charge in [0.25, 0.3) is 5.91 Å². The molecule has 1 aromatic heterocycles. The van der Waals surface area contributed by atoms with Crippen molar-refractivity contribution in [3.63, 3.8) is 0 Å². The average molecular weight is 297 g/mol. The van der Waals surface area contributed by atoms with Crippen LogP contribution in [-0.2, 0) is 4.74 Å². The third kappa shape index (κ3) is 3.19. The molecule has 1 aliphatic rings.